The second-order valence-electron chi connectivity index (χ2n) is 9.90. The van der Waals surface area contributed by atoms with Gasteiger partial charge in [-0.15, -0.1) is 0 Å². The van der Waals surface area contributed by atoms with Gasteiger partial charge in [-0.25, -0.2) is 0 Å². The molecule has 1 amide bonds. The topological polar surface area (TPSA) is 71.9 Å². The summed E-state index contributed by atoms with van der Waals surface area (Å²) in [6.07, 6.45) is 1.95. The van der Waals surface area contributed by atoms with Gasteiger partial charge in [-0.1, -0.05) is 35.3 Å². The number of ether oxygens (including phenoxy) is 2. The van der Waals surface area contributed by atoms with Crippen LogP contribution in [0.15, 0.2) is 48.5 Å². The SMILES string of the molecule is Cc1cc(Nc2ccccc2C(=O)N2CCOC(CN3CCC(Oc4ccc(Cl)c(Cl)c4)CC3)C2)n(C)n1. The van der Waals surface area contributed by atoms with Crippen molar-refractivity contribution >= 4 is 40.6 Å². The monoisotopic (exact) mass is 557 g/mol. The third kappa shape index (κ3) is 6.43. The molecular formula is C28H33Cl2N5O3. The van der Waals surface area contributed by atoms with Crippen LogP contribution in [0.3, 0.4) is 0 Å². The molecule has 1 N–H and O–H groups in total. The summed E-state index contributed by atoms with van der Waals surface area (Å²) in [4.78, 5) is 17.9. The van der Waals surface area contributed by atoms with Crippen LogP contribution >= 0.6 is 23.2 Å². The Morgan fingerprint density at radius 3 is 2.63 bits per heavy atom. The number of carbonyl (C=O) groups is 1. The zero-order valence-corrected chi connectivity index (χ0v) is 23.2. The lowest BCUT2D eigenvalue weighted by atomic mass is 10.1. The molecule has 8 nitrogen and oxygen atoms in total. The van der Waals surface area contributed by atoms with Crippen LogP contribution in [0.25, 0.3) is 0 Å². The summed E-state index contributed by atoms with van der Waals surface area (Å²) >= 11 is 12.1. The molecule has 10 heteroatoms. The zero-order valence-electron chi connectivity index (χ0n) is 21.7. The lowest BCUT2D eigenvalue weighted by molar-refractivity contribution is -0.0414. The molecule has 2 aromatic carbocycles. The molecule has 38 heavy (non-hydrogen) atoms. The predicted molar refractivity (Wildman–Crippen MR) is 150 cm³/mol. The minimum Gasteiger partial charge on any atom is -0.490 e. The molecule has 202 valence electrons. The van der Waals surface area contributed by atoms with Gasteiger partial charge in [0.05, 0.1) is 39.7 Å². The molecule has 0 radical (unpaired) electrons. The van der Waals surface area contributed by atoms with E-state index in [4.69, 9.17) is 32.7 Å². The van der Waals surface area contributed by atoms with Crippen LogP contribution in [-0.4, -0.2) is 77.0 Å². The first-order valence-electron chi connectivity index (χ1n) is 13.0. The lowest BCUT2D eigenvalue weighted by Crippen LogP contribution is -2.51. The molecule has 3 heterocycles. The minimum absolute atomic E-state index is 0.00836. The molecule has 0 spiro atoms. The Labute approximate surface area is 233 Å². The van der Waals surface area contributed by atoms with E-state index >= 15 is 0 Å². The molecular weight excluding hydrogens is 525 g/mol. The maximum atomic E-state index is 13.6. The molecule has 1 aromatic heterocycles. The van der Waals surface area contributed by atoms with Crippen molar-refractivity contribution in [2.24, 2.45) is 7.05 Å². The van der Waals surface area contributed by atoms with Crippen LogP contribution in [-0.2, 0) is 11.8 Å². The Bertz CT molecular complexity index is 1280. The van der Waals surface area contributed by atoms with Crippen LogP contribution in [0, 0.1) is 6.92 Å². The minimum atomic E-state index is -0.0277. The molecule has 0 aliphatic carbocycles. The zero-order chi connectivity index (χ0) is 26.6. The molecule has 0 saturated carbocycles. The molecule has 3 aromatic rings. The number of hydrogen-bond donors (Lipinski definition) is 1. The Balaban J connectivity index is 1.15. The van der Waals surface area contributed by atoms with Crippen LogP contribution in [0.2, 0.25) is 10.0 Å². The van der Waals surface area contributed by atoms with Gasteiger partial charge >= 0.3 is 0 Å². The number of piperidine rings is 1. The van der Waals surface area contributed by atoms with Crippen LogP contribution < -0.4 is 10.1 Å². The Hall–Kier alpha value is -2.78. The van der Waals surface area contributed by atoms with E-state index < -0.39 is 0 Å². The molecule has 1 atom stereocenters. The van der Waals surface area contributed by atoms with Crippen molar-refractivity contribution in [3.05, 3.63) is 69.8 Å². The van der Waals surface area contributed by atoms with E-state index in [9.17, 15) is 4.79 Å². The first-order valence-corrected chi connectivity index (χ1v) is 13.7. The largest absolute Gasteiger partial charge is 0.490 e. The summed E-state index contributed by atoms with van der Waals surface area (Å²) in [5.74, 6) is 1.60. The molecule has 2 fully saturated rings. The van der Waals surface area contributed by atoms with Crippen LogP contribution in [0.4, 0.5) is 11.5 Å². The number of nitrogens with zero attached hydrogens (tertiary/aromatic N) is 4. The van der Waals surface area contributed by atoms with Gasteiger partial charge < -0.3 is 24.6 Å². The molecule has 2 aliphatic heterocycles. The fourth-order valence-electron chi connectivity index (χ4n) is 5.07. The Morgan fingerprint density at radius 1 is 1.11 bits per heavy atom. The van der Waals surface area contributed by atoms with E-state index in [1.54, 1.807) is 16.8 Å². The first-order chi connectivity index (χ1) is 18.4. The number of likely N-dealkylation sites (tertiary alicyclic amines) is 1. The highest BCUT2D eigenvalue weighted by atomic mass is 35.5. The fraction of sp³-hybridized carbons (Fsp3) is 0.429. The number of amides is 1. The van der Waals surface area contributed by atoms with E-state index in [0.29, 0.717) is 35.3 Å². The van der Waals surface area contributed by atoms with Crippen molar-refractivity contribution < 1.29 is 14.3 Å². The third-order valence-corrected chi connectivity index (χ3v) is 7.78. The standard InChI is InChI=1S/C28H33Cl2N5O3/c1-19-15-27(33(2)32-19)31-26-6-4-3-5-23(26)28(36)35-13-14-37-22(18-35)17-34-11-9-20(10-12-34)38-21-7-8-24(29)25(30)16-21/h3-8,15-16,20,22,31H,9-14,17-18H2,1-2H3. The number of halogens is 2. The number of carbonyl (C=O) groups excluding carboxylic acids is 1. The second kappa shape index (κ2) is 11.9. The maximum absolute atomic E-state index is 13.6. The number of anilines is 2. The summed E-state index contributed by atoms with van der Waals surface area (Å²) in [5.41, 5.74) is 2.33. The number of rotatable bonds is 7. The Kier molecular flexibility index (Phi) is 8.43. The van der Waals surface area contributed by atoms with Crippen LogP contribution in [0.5, 0.6) is 5.75 Å². The van der Waals surface area contributed by atoms with Gasteiger partial charge in [-0.3, -0.25) is 9.48 Å². The summed E-state index contributed by atoms with van der Waals surface area (Å²) in [7, 11) is 1.88. The first kappa shape index (κ1) is 26.8. The smallest absolute Gasteiger partial charge is 0.256 e. The number of morpholine rings is 1. The summed E-state index contributed by atoms with van der Waals surface area (Å²) in [6.45, 7) is 6.24. The molecule has 0 bridgehead atoms. The quantitative estimate of drug-likeness (QED) is 0.432. The van der Waals surface area contributed by atoms with Gasteiger partial charge in [0.15, 0.2) is 0 Å². The second-order valence-corrected chi connectivity index (χ2v) is 10.7. The summed E-state index contributed by atoms with van der Waals surface area (Å²) in [6, 6.07) is 15.0. The van der Waals surface area contributed by atoms with Crippen molar-refractivity contribution in [1.82, 2.24) is 19.6 Å². The summed E-state index contributed by atoms with van der Waals surface area (Å²) < 4.78 is 14.0. The fourth-order valence-corrected chi connectivity index (χ4v) is 5.36. The number of aromatic nitrogens is 2. The van der Waals surface area contributed by atoms with Gasteiger partial charge in [0.1, 0.15) is 17.7 Å². The van der Waals surface area contributed by atoms with Gasteiger partial charge in [0.2, 0.25) is 0 Å². The van der Waals surface area contributed by atoms with Crippen molar-refractivity contribution in [2.45, 2.75) is 32.0 Å². The maximum Gasteiger partial charge on any atom is 0.256 e. The number of para-hydroxylation sites is 1. The molecule has 2 saturated heterocycles. The highest BCUT2D eigenvalue weighted by Gasteiger charge is 2.29. The van der Waals surface area contributed by atoms with E-state index in [-0.39, 0.29) is 18.1 Å². The summed E-state index contributed by atoms with van der Waals surface area (Å²) in [5, 5.41) is 8.79. The number of hydrogen-bond acceptors (Lipinski definition) is 6. The van der Waals surface area contributed by atoms with E-state index in [1.807, 2.05) is 55.3 Å². The van der Waals surface area contributed by atoms with E-state index in [1.165, 1.54) is 0 Å². The molecule has 5 rings (SSSR count). The normalized spacial score (nSPS) is 18.9. The highest BCUT2D eigenvalue weighted by molar-refractivity contribution is 6.42. The molecule has 2 aliphatic rings. The number of benzene rings is 2. The van der Waals surface area contributed by atoms with Crippen LogP contribution in [0.1, 0.15) is 28.9 Å². The van der Waals surface area contributed by atoms with Crippen molar-refractivity contribution in [3.63, 3.8) is 0 Å². The van der Waals surface area contributed by atoms with Crippen molar-refractivity contribution in [2.75, 3.05) is 44.6 Å². The number of aryl methyl sites for hydroxylation is 2. The average Bonchev–Trinajstić information content (AvgIpc) is 3.23. The lowest BCUT2D eigenvalue weighted by Gasteiger charge is -2.38. The highest BCUT2D eigenvalue weighted by Crippen LogP contribution is 2.28. The number of nitrogens with one attached hydrogen (secondary N) is 1. The van der Waals surface area contributed by atoms with Gasteiger partial charge in [-0.2, -0.15) is 5.10 Å². The van der Waals surface area contributed by atoms with Gasteiger partial charge in [0.25, 0.3) is 5.91 Å². The van der Waals surface area contributed by atoms with Gasteiger partial charge in [0, 0.05) is 51.9 Å². The third-order valence-electron chi connectivity index (χ3n) is 7.04. The van der Waals surface area contributed by atoms with Crippen molar-refractivity contribution in [1.29, 1.82) is 0 Å². The Morgan fingerprint density at radius 2 is 1.89 bits per heavy atom. The van der Waals surface area contributed by atoms with E-state index in [0.717, 1.165) is 55.4 Å². The van der Waals surface area contributed by atoms with E-state index in [2.05, 4.69) is 15.3 Å². The van der Waals surface area contributed by atoms with Gasteiger partial charge in [-0.05, 0) is 44.0 Å². The average molecular weight is 559 g/mol. The van der Waals surface area contributed by atoms with Crippen molar-refractivity contribution in [3.8, 4) is 5.75 Å². The predicted octanol–water partition coefficient (Wildman–Crippen LogP) is 5.16. The molecule has 1 unspecified atom stereocenters.